The molecular formula is C16H21NO2. The molecule has 0 bridgehead atoms. The third-order valence-electron chi connectivity index (χ3n) is 3.01. The first kappa shape index (κ1) is 13.7. The Bertz CT molecular complexity index is 531. The highest BCUT2D eigenvalue weighted by atomic mass is 16.5. The van der Waals surface area contributed by atoms with Crippen molar-refractivity contribution in [2.75, 3.05) is 13.7 Å². The van der Waals surface area contributed by atoms with Gasteiger partial charge in [0.05, 0.1) is 19.2 Å². The average Bonchev–Trinajstić information content (AvgIpc) is 2.88. The van der Waals surface area contributed by atoms with Crippen LogP contribution in [0.25, 0.3) is 11.3 Å². The number of aryl methyl sites for hydroxylation is 1. The van der Waals surface area contributed by atoms with Gasteiger partial charge >= 0.3 is 0 Å². The summed E-state index contributed by atoms with van der Waals surface area (Å²) in [5.41, 5.74) is 2.20. The lowest BCUT2D eigenvalue weighted by Gasteiger charge is -2.07. The summed E-state index contributed by atoms with van der Waals surface area (Å²) in [6.07, 6.45) is 1.12. The number of benzene rings is 1. The minimum atomic E-state index is 0.766. The smallest absolute Gasteiger partial charge is 0.138 e. The van der Waals surface area contributed by atoms with E-state index in [1.54, 1.807) is 7.11 Å². The molecule has 0 saturated carbocycles. The fourth-order valence-corrected chi connectivity index (χ4v) is 2.02. The maximum atomic E-state index is 5.87. The number of ether oxygens (including phenoxy) is 1. The number of methoxy groups -OCH3 is 1. The molecule has 0 aliphatic heterocycles. The van der Waals surface area contributed by atoms with Gasteiger partial charge in [-0.05, 0) is 44.2 Å². The zero-order valence-electron chi connectivity index (χ0n) is 11.8. The van der Waals surface area contributed by atoms with Crippen molar-refractivity contribution < 1.29 is 9.15 Å². The van der Waals surface area contributed by atoms with Gasteiger partial charge in [-0.2, -0.15) is 0 Å². The van der Waals surface area contributed by atoms with Gasteiger partial charge in [0.2, 0.25) is 0 Å². The van der Waals surface area contributed by atoms with Gasteiger partial charge in [0.15, 0.2) is 0 Å². The first-order valence-electron chi connectivity index (χ1n) is 6.69. The molecule has 0 atom stereocenters. The van der Waals surface area contributed by atoms with Crippen LogP contribution >= 0.6 is 0 Å². The minimum Gasteiger partial charge on any atom is -0.496 e. The number of rotatable bonds is 6. The van der Waals surface area contributed by atoms with E-state index in [2.05, 4.69) is 25.2 Å². The predicted molar refractivity (Wildman–Crippen MR) is 77.4 cm³/mol. The molecule has 2 rings (SSSR count). The van der Waals surface area contributed by atoms with E-state index < -0.39 is 0 Å². The largest absolute Gasteiger partial charge is 0.496 e. The Morgan fingerprint density at radius 3 is 2.79 bits per heavy atom. The van der Waals surface area contributed by atoms with Gasteiger partial charge in [-0.3, -0.25) is 0 Å². The van der Waals surface area contributed by atoms with E-state index in [1.807, 2.05) is 24.3 Å². The van der Waals surface area contributed by atoms with Crippen LogP contribution in [-0.4, -0.2) is 13.7 Å². The molecular weight excluding hydrogens is 238 g/mol. The summed E-state index contributed by atoms with van der Waals surface area (Å²) < 4.78 is 11.3. The Balaban J connectivity index is 2.20. The molecule has 0 amide bonds. The summed E-state index contributed by atoms with van der Waals surface area (Å²) >= 11 is 0. The number of hydrogen-bond donors (Lipinski definition) is 1. The highest BCUT2D eigenvalue weighted by Gasteiger charge is 2.10. The van der Waals surface area contributed by atoms with Crippen LogP contribution in [0.2, 0.25) is 0 Å². The molecule has 102 valence electrons. The maximum Gasteiger partial charge on any atom is 0.138 e. The van der Waals surface area contributed by atoms with Gasteiger partial charge in [0, 0.05) is 0 Å². The van der Waals surface area contributed by atoms with Crippen LogP contribution < -0.4 is 10.1 Å². The molecule has 0 spiro atoms. The molecule has 3 nitrogen and oxygen atoms in total. The van der Waals surface area contributed by atoms with Crippen LogP contribution in [0.4, 0.5) is 0 Å². The van der Waals surface area contributed by atoms with E-state index in [4.69, 9.17) is 9.15 Å². The lowest BCUT2D eigenvalue weighted by Crippen LogP contribution is -2.12. The molecule has 0 unspecified atom stereocenters. The lowest BCUT2D eigenvalue weighted by atomic mass is 10.1. The van der Waals surface area contributed by atoms with Gasteiger partial charge in [-0.1, -0.05) is 18.6 Å². The van der Waals surface area contributed by atoms with Crippen molar-refractivity contribution in [2.45, 2.75) is 26.8 Å². The summed E-state index contributed by atoms with van der Waals surface area (Å²) in [6.45, 7) is 5.99. The molecule has 0 saturated heterocycles. The number of furan rings is 1. The van der Waals surface area contributed by atoms with Crippen LogP contribution in [0, 0.1) is 6.92 Å². The quantitative estimate of drug-likeness (QED) is 0.802. The van der Waals surface area contributed by atoms with Crippen LogP contribution in [0.15, 0.2) is 34.7 Å². The van der Waals surface area contributed by atoms with Crippen molar-refractivity contribution in [3.05, 3.63) is 41.7 Å². The predicted octanol–water partition coefficient (Wildman–Crippen LogP) is 3.76. The summed E-state index contributed by atoms with van der Waals surface area (Å²) in [4.78, 5) is 0. The number of hydrogen-bond acceptors (Lipinski definition) is 3. The van der Waals surface area contributed by atoms with Crippen molar-refractivity contribution in [2.24, 2.45) is 0 Å². The van der Waals surface area contributed by atoms with E-state index in [1.165, 1.54) is 5.56 Å². The van der Waals surface area contributed by atoms with Crippen molar-refractivity contribution in [3.8, 4) is 17.1 Å². The summed E-state index contributed by atoms with van der Waals surface area (Å²) in [7, 11) is 1.68. The highest BCUT2D eigenvalue weighted by Crippen LogP contribution is 2.32. The minimum absolute atomic E-state index is 0.766. The van der Waals surface area contributed by atoms with Crippen molar-refractivity contribution in [3.63, 3.8) is 0 Å². The molecule has 1 aromatic carbocycles. The second-order valence-corrected chi connectivity index (χ2v) is 4.65. The van der Waals surface area contributed by atoms with E-state index in [-0.39, 0.29) is 0 Å². The summed E-state index contributed by atoms with van der Waals surface area (Å²) in [5, 5.41) is 3.33. The highest BCUT2D eigenvalue weighted by molar-refractivity contribution is 5.66. The lowest BCUT2D eigenvalue weighted by molar-refractivity contribution is 0.413. The SMILES string of the molecule is CCCNCc1ccc(-c2cc(C)ccc2OC)o1. The fraction of sp³-hybridized carbons (Fsp3) is 0.375. The summed E-state index contributed by atoms with van der Waals surface area (Å²) in [5.74, 6) is 2.65. The molecule has 2 aromatic rings. The third-order valence-corrected chi connectivity index (χ3v) is 3.01. The topological polar surface area (TPSA) is 34.4 Å². The van der Waals surface area contributed by atoms with E-state index in [0.29, 0.717) is 0 Å². The Morgan fingerprint density at radius 2 is 2.05 bits per heavy atom. The molecule has 1 heterocycles. The molecule has 19 heavy (non-hydrogen) atoms. The van der Waals surface area contributed by atoms with Gasteiger partial charge in [-0.25, -0.2) is 0 Å². The average molecular weight is 259 g/mol. The molecule has 0 aliphatic carbocycles. The van der Waals surface area contributed by atoms with Gasteiger partial charge in [-0.15, -0.1) is 0 Å². The third kappa shape index (κ3) is 3.38. The number of nitrogens with one attached hydrogen (secondary N) is 1. The van der Waals surface area contributed by atoms with Crippen molar-refractivity contribution >= 4 is 0 Å². The summed E-state index contributed by atoms with van der Waals surface area (Å²) in [6, 6.07) is 10.1. The normalized spacial score (nSPS) is 10.7. The van der Waals surface area contributed by atoms with E-state index in [0.717, 1.165) is 42.3 Å². The van der Waals surface area contributed by atoms with E-state index in [9.17, 15) is 0 Å². The van der Waals surface area contributed by atoms with Crippen LogP contribution in [0.3, 0.4) is 0 Å². The van der Waals surface area contributed by atoms with Gasteiger partial charge < -0.3 is 14.5 Å². The first-order valence-corrected chi connectivity index (χ1v) is 6.69. The van der Waals surface area contributed by atoms with Crippen LogP contribution in [0.1, 0.15) is 24.7 Å². The van der Waals surface area contributed by atoms with Crippen LogP contribution in [-0.2, 0) is 6.54 Å². The second-order valence-electron chi connectivity index (χ2n) is 4.65. The Morgan fingerprint density at radius 1 is 1.21 bits per heavy atom. The maximum absolute atomic E-state index is 5.87. The second kappa shape index (κ2) is 6.43. The molecule has 1 N–H and O–H groups in total. The Kier molecular flexibility index (Phi) is 4.63. The Labute approximate surface area is 114 Å². The molecule has 3 heteroatoms. The Hall–Kier alpha value is -1.74. The standard InChI is InChI=1S/C16H21NO2/c1-4-9-17-11-13-6-8-16(19-13)14-10-12(2)5-7-15(14)18-3/h5-8,10,17H,4,9,11H2,1-3H3. The fourth-order valence-electron chi connectivity index (χ4n) is 2.02. The monoisotopic (exact) mass is 259 g/mol. The zero-order valence-corrected chi connectivity index (χ0v) is 11.8. The molecule has 0 radical (unpaired) electrons. The van der Waals surface area contributed by atoms with Crippen LogP contribution in [0.5, 0.6) is 5.75 Å². The molecule has 0 aliphatic rings. The van der Waals surface area contributed by atoms with Crippen molar-refractivity contribution in [1.82, 2.24) is 5.32 Å². The van der Waals surface area contributed by atoms with Gasteiger partial charge in [0.25, 0.3) is 0 Å². The molecule has 0 fully saturated rings. The van der Waals surface area contributed by atoms with Gasteiger partial charge in [0.1, 0.15) is 17.3 Å². The van der Waals surface area contributed by atoms with E-state index >= 15 is 0 Å². The first-order chi connectivity index (χ1) is 9.24. The van der Waals surface area contributed by atoms with Crippen molar-refractivity contribution in [1.29, 1.82) is 0 Å². The molecule has 1 aromatic heterocycles. The zero-order chi connectivity index (χ0) is 13.7.